The van der Waals surface area contributed by atoms with Gasteiger partial charge in [-0.1, -0.05) is 48.5 Å². The Morgan fingerprint density at radius 3 is 2.23 bits per heavy atom. The number of aryl methyl sites for hydroxylation is 1. The van der Waals surface area contributed by atoms with E-state index in [4.69, 9.17) is 0 Å². The van der Waals surface area contributed by atoms with E-state index in [0.29, 0.717) is 33.8 Å². The Balaban J connectivity index is 1.79. The van der Waals surface area contributed by atoms with Crippen LogP contribution >= 0.6 is 0 Å². The van der Waals surface area contributed by atoms with Gasteiger partial charge in [-0.05, 0) is 31.2 Å². The van der Waals surface area contributed by atoms with Crippen LogP contribution in [-0.2, 0) is 0 Å². The quantitative estimate of drug-likeness (QED) is 0.400. The molecule has 0 unspecified atom stereocenters. The molecular formula is C23H19N5O2. The van der Waals surface area contributed by atoms with Gasteiger partial charge in [-0.3, -0.25) is 19.7 Å². The SMILES string of the molecule is Cc1[nH]n(-c2ccccc2)c(=O)c1C(=NNC(=O)c1ccncc1)c1ccccc1. The van der Waals surface area contributed by atoms with Crippen LogP contribution < -0.4 is 11.0 Å². The number of H-pyrrole nitrogens is 1. The first kappa shape index (κ1) is 19.1. The summed E-state index contributed by atoms with van der Waals surface area (Å²) in [6.07, 6.45) is 3.07. The number of hydrazone groups is 1. The number of nitrogens with zero attached hydrogens (tertiary/aromatic N) is 3. The fourth-order valence-corrected chi connectivity index (χ4v) is 3.12. The molecule has 2 aromatic heterocycles. The molecule has 0 atom stereocenters. The summed E-state index contributed by atoms with van der Waals surface area (Å²) in [6, 6.07) is 21.7. The largest absolute Gasteiger partial charge is 0.295 e. The van der Waals surface area contributed by atoms with Crippen LogP contribution in [0.5, 0.6) is 0 Å². The van der Waals surface area contributed by atoms with E-state index in [0.717, 1.165) is 0 Å². The fraction of sp³-hybridized carbons (Fsp3) is 0.0435. The number of benzene rings is 2. The Hall–Kier alpha value is -4.26. The van der Waals surface area contributed by atoms with Crippen LogP contribution in [0.25, 0.3) is 5.69 Å². The Morgan fingerprint density at radius 2 is 1.57 bits per heavy atom. The van der Waals surface area contributed by atoms with Crippen LogP contribution in [-0.4, -0.2) is 26.4 Å². The molecule has 4 rings (SSSR count). The third-order valence-electron chi connectivity index (χ3n) is 4.58. The summed E-state index contributed by atoms with van der Waals surface area (Å²) in [7, 11) is 0. The number of para-hydroxylation sites is 1. The minimum atomic E-state index is -0.387. The molecule has 2 aromatic carbocycles. The highest BCUT2D eigenvalue weighted by Gasteiger charge is 2.20. The van der Waals surface area contributed by atoms with Crippen LogP contribution in [0.15, 0.2) is 95.1 Å². The minimum absolute atomic E-state index is 0.250. The first-order valence-corrected chi connectivity index (χ1v) is 9.36. The van der Waals surface area contributed by atoms with E-state index in [1.54, 1.807) is 19.1 Å². The van der Waals surface area contributed by atoms with Gasteiger partial charge in [0.25, 0.3) is 11.5 Å². The summed E-state index contributed by atoms with van der Waals surface area (Å²) in [5.74, 6) is -0.387. The monoisotopic (exact) mass is 397 g/mol. The molecule has 0 radical (unpaired) electrons. The minimum Gasteiger partial charge on any atom is -0.295 e. The van der Waals surface area contributed by atoms with Crippen molar-refractivity contribution in [1.82, 2.24) is 20.2 Å². The van der Waals surface area contributed by atoms with Crippen molar-refractivity contribution in [1.29, 1.82) is 0 Å². The number of carbonyl (C=O) groups excluding carboxylic acids is 1. The maximum Gasteiger partial charge on any atom is 0.281 e. The highest BCUT2D eigenvalue weighted by Crippen LogP contribution is 2.13. The zero-order valence-corrected chi connectivity index (χ0v) is 16.2. The molecule has 0 saturated carbocycles. The molecule has 0 saturated heterocycles. The van der Waals surface area contributed by atoms with E-state index in [2.05, 4.69) is 20.6 Å². The molecule has 1 amide bonds. The van der Waals surface area contributed by atoms with Gasteiger partial charge in [0.1, 0.15) is 5.71 Å². The normalized spacial score (nSPS) is 11.3. The predicted octanol–water partition coefficient (Wildman–Crippen LogP) is 3.05. The average Bonchev–Trinajstić information content (AvgIpc) is 3.10. The number of amides is 1. The van der Waals surface area contributed by atoms with Crippen molar-refractivity contribution >= 4 is 11.6 Å². The predicted molar refractivity (Wildman–Crippen MR) is 115 cm³/mol. The molecule has 4 aromatic rings. The molecular weight excluding hydrogens is 378 g/mol. The second kappa shape index (κ2) is 8.40. The first-order valence-electron chi connectivity index (χ1n) is 9.36. The van der Waals surface area contributed by atoms with Gasteiger partial charge < -0.3 is 0 Å². The maximum absolute atomic E-state index is 13.2. The van der Waals surface area contributed by atoms with Gasteiger partial charge >= 0.3 is 0 Å². The summed E-state index contributed by atoms with van der Waals surface area (Å²) >= 11 is 0. The summed E-state index contributed by atoms with van der Waals surface area (Å²) < 4.78 is 1.47. The fourth-order valence-electron chi connectivity index (χ4n) is 3.12. The van der Waals surface area contributed by atoms with Crippen LogP contribution in [0, 0.1) is 6.92 Å². The van der Waals surface area contributed by atoms with Gasteiger partial charge in [-0.2, -0.15) is 5.10 Å². The highest BCUT2D eigenvalue weighted by molar-refractivity contribution is 6.13. The molecule has 0 bridgehead atoms. The van der Waals surface area contributed by atoms with Gasteiger partial charge in [0, 0.05) is 29.2 Å². The smallest absolute Gasteiger partial charge is 0.281 e. The average molecular weight is 397 g/mol. The van der Waals surface area contributed by atoms with Gasteiger partial charge in [0.15, 0.2) is 0 Å². The number of hydrogen-bond acceptors (Lipinski definition) is 4. The van der Waals surface area contributed by atoms with E-state index < -0.39 is 0 Å². The molecule has 2 N–H and O–H groups in total. The van der Waals surface area contributed by atoms with Gasteiger partial charge in [-0.25, -0.2) is 10.1 Å². The van der Waals surface area contributed by atoms with Crippen molar-refractivity contribution in [3.8, 4) is 5.69 Å². The van der Waals surface area contributed by atoms with Crippen LogP contribution in [0.1, 0.15) is 27.2 Å². The van der Waals surface area contributed by atoms with E-state index in [-0.39, 0.29) is 11.5 Å². The Kier molecular flexibility index (Phi) is 5.34. The zero-order chi connectivity index (χ0) is 20.9. The Bertz CT molecular complexity index is 1240. The molecule has 7 heteroatoms. The lowest BCUT2D eigenvalue weighted by molar-refractivity contribution is 0.0955. The number of aromatic amines is 1. The lowest BCUT2D eigenvalue weighted by Gasteiger charge is -2.06. The lowest BCUT2D eigenvalue weighted by atomic mass is 10.0. The molecule has 0 fully saturated rings. The number of aromatic nitrogens is 3. The van der Waals surface area contributed by atoms with Crippen molar-refractivity contribution in [3.63, 3.8) is 0 Å². The number of carbonyl (C=O) groups is 1. The van der Waals surface area contributed by atoms with Gasteiger partial charge in [-0.15, -0.1) is 0 Å². The van der Waals surface area contributed by atoms with Gasteiger partial charge in [0.2, 0.25) is 0 Å². The molecule has 30 heavy (non-hydrogen) atoms. The molecule has 148 valence electrons. The molecule has 7 nitrogen and oxygen atoms in total. The van der Waals surface area contributed by atoms with E-state index >= 15 is 0 Å². The third kappa shape index (κ3) is 3.81. The standard InChI is InChI=1S/C23H19N5O2/c1-16-20(23(30)28(27-16)19-10-6-3-7-11-19)21(17-8-4-2-5-9-17)25-26-22(29)18-12-14-24-15-13-18/h2-15,27H,1H3,(H,26,29). The summed E-state index contributed by atoms with van der Waals surface area (Å²) in [4.78, 5) is 29.6. The molecule has 0 aliphatic rings. The van der Waals surface area contributed by atoms with Gasteiger partial charge in [0.05, 0.1) is 11.3 Å². The van der Waals surface area contributed by atoms with Crippen LogP contribution in [0.2, 0.25) is 0 Å². The van der Waals surface area contributed by atoms with Crippen molar-refractivity contribution in [2.45, 2.75) is 6.92 Å². The van der Waals surface area contributed by atoms with E-state index in [9.17, 15) is 9.59 Å². The summed E-state index contributed by atoms with van der Waals surface area (Å²) in [5.41, 5.74) is 5.57. The Labute approximate surface area is 172 Å². The maximum atomic E-state index is 13.2. The van der Waals surface area contributed by atoms with Crippen LogP contribution in [0.3, 0.4) is 0 Å². The van der Waals surface area contributed by atoms with E-state index in [1.807, 2.05) is 60.7 Å². The lowest BCUT2D eigenvalue weighted by Crippen LogP contribution is -2.25. The summed E-state index contributed by atoms with van der Waals surface area (Å²) in [5, 5.41) is 7.43. The second-order valence-electron chi connectivity index (χ2n) is 6.59. The molecule has 2 heterocycles. The Morgan fingerprint density at radius 1 is 0.933 bits per heavy atom. The van der Waals surface area contributed by atoms with Crippen molar-refractivity contribution in [3.05, 3.63) is 118 Å². The zero-order valence-electron chi connectivity index (χ0n) is 16.2. The molecule has 0 aliphatic heterocycles. The highest BCUT2D eigenvalue weighted by atomic mass is 16.2. The number of pyridine rings is 1. The summed E-state index contributed by atoms with van der Waals surface area (Å²) in [6.45, 7) is 1.80. The number of hydrogen-bond donors (Lipinski definition) is 2. The topological polar surface area (TPSA) is 92.1 Å². The van der Waals surface area contributed by atoms with Crippen LogP contribution in [0.4, 0.5) is 0 Å². The second-order valence-corrected chi connectivity index (χ2v) is 6.59. The molecule has 0 spiro atoms. The number of rotatable bonds is 5. The van der Waals surface area contributed by atoms with Crippen molar-refractivity contribution in [2.24, 2.45) is 5.10 Å². The number of nitrogens with one attached hydrogen (secondary N) is 2. The van der Waals surface area contributed by atoms with Crippen molar-refractivity contribution in [2.75, 3.05) is 0 Å². The van der Waals surface area contributed by atoms with Crippen molar-refractivity contribution < 1.29 is 4.79 Å². The third-order valence-corrected chi connectivity index (χ3v) is 4.58. The first-order chi connectivity index (χ1) is 14.6. The molecule has 0 aliphatic carbocycles. The van der Waals surface area contributed by atoms with E-state index in [1.165, 1.54) is 17.1 Å².